The van der Waals surface area contributed by atoms with E-state index in [1.165, 1.54) is 0 Å². The van der Waals surface area contributed by atoms with Gasteiger partial charge < -0.3 is 9.84 Å². The van der Waals surface area contributed by atoms with E-state index in [0.717, 1.165) is 59.4 Å². The molecule has 9 heteroatoms. The van der Waals surface area contributed by atoms with Crippen LogP contribution in [0, 0.1) is 5.92 Å². The smallest absolute Gasteiger partial charge is 0.406 e. The van der Waals surface area contributed by atoms with Crippen LogP contribution in [0.5, 0.6) is 5.75 Å². The third-order valence-electron chi connectivity index (χ3n) is 6.89. The van der Waals surface area contributed by atoms with Crippen LogP contribution in [0.1, 0.15) is 36.3 Å². The van der Waals surface area contributed by atoms with E-state index in [4.69, 9.17) is 0 Å². The molecule has 184 valence electrons. The Bertz CT molecular complexity index is 1280. The number of aliphatic hydroxyl groups is 1. The van der Waals surface area contributed by atoms with Crippen molar-refractivity contribution in [1.29, 1.82) is 0 Å². The third-order valence-corrected chi connectivity index (χ3v) is 8.39. The summed E-state index contributed by atoms with van der Waals surface area (Å²) in [6.07, 6.45) is -3.86. The van der Waals surface area contributed by atoms with E-state index in [1.807, 2.05) is 24.3 Å². The Labute approximate surface area is 201 Å². The molecule has 35 heavy (non-hydrogen) atoms. The van der Waals surface area contributed by atoms with E-state index in [2.05, 4.69) is 33.7 Å². The van der Waals surface area contributed by atoms with Crippen LogP contribution in [0.25, 0.3) is 11.1 Å². The highest BCUT2D eigenvalue weighted by Crippen LogP contribution is 2.51. The van der Waals surface area contributed by atoms with E-state index in [9.17, 15) is 26.7 Å². The maximum Gasteiger partial charge on any atom is 0.573 e. The minimum absolute atomic E-state index is 0.0523. The molecule has 3 aromatic carbocycles. The second-order valence-corrected chi connectivity index (χ2v) is 10.7. The van der Waals surface area contributed by atoms with Crippen LogP contribution in [-0.2, 0) is 10.0 Å². The van der Waals surface area contributed by atoms with Crippen molar-refractivity contribution in [2.45, 2.75) is 48.6 Å². The van der Waals surface area contributed by atoms with Crippen molar-refractivity contribution in [1.82, 2.24) is 4.72 Å². The predicted octanol–water partition coefficient (Wildman–Crippen LogP) is 5.21. The monoisotopic (exact) mass is 503 g/mol. The number of ether oxygens (including phenoxy) is 1. The Morgan fingerprint density at radius 1 is 0.857 bits per heavy atom. The average molecular weight is 504 g/mol. The van der Waals surface area contributed by atoms with Crippen molar-refractivity contribution in [3.63, 3.8) is 0 Å². The van der Waals surface area contributed by atoms with Crippen molar-refractivity contribution in [2.75, 3.05) is 0 Å². The standard InChI is InChI=1S/C26H24F3NO4S/c27-26(28,29)34-16-12-14-17(15-13-16)35(32,33)30-23-11-5-10-22(25(23)31)24-20-8-3-1-6-18(20)19-7-2-4-9-21(19)24/h1-4,6-9,12-15,22-25,30-31H,5,10-11H2/t22?,23-,25-/m1/s1. The van der Waals surface area contributed by atoms with Crippen LogP contribution in [-0.4, -0.2) is 32.0 Å². The summed E-state index contributed by atoms with van der Waals surface area (Å²) >= 11 is 0. The van der Waals surface area contributed by atoms with Gasteiger partial charge >= 0.3 is 6.36 Å². The lowest BCUT2D eigenvalue weighted by molar-refractivity contribution is -0.274. The second-order valence-electron chi connectivity index (χ2n) is 8.98. The molecular weight excluding hydrogens is 479 g/mol. The van der Waals surface area contributed by atoms with Crippen molar-refractivity contribution < 1.29 is 31.4 Å². The molecule has 0 aliphatic heterocycles. The first-order valence-corrected chi connectivity index (χ1v) is 12.9. The van der Waals surface area contributed by atoms with Crippen LogP contribution in [0.2, 0.25) is 0 Å². The molecule has 2 N–H and O–H groups in total. The van der Waals surface area contributed by atoms with Gasteiger partial charge in [0.2, 0.25) is 10.0 Å². The molecule has 3 aromatic rings. The van der Waals surface area contributed by atoms with Crippen LogP contribution in [0.15, 0.2) is 77.7 Å². The summed E-state index contributed by atoms with van der Waals surface area (Å²) in [5.41, 5.74) is 4.51. The molecule has 2 aliphatic rings. The number of hydrogen-bond donors (Lipinski definition) is 2. The zero-order chi connectivity index (χ0) is 24.8. The van der Waals surface area contributed by atoms with Gasteiger partial charge in [0.1, 0.15) is 5.75 Å². The number of halogens is 3. The molecule has 1 saturated carbocycles. The van der Waals surface area contributed by atoms with Gasteiger partial charge in [-0.25, -0.2) is 13.1 Å². The summed E-state index contributed by atoms with van der Waals surface area (Å²) in [4.78, 5) is -0.196. The van der Waals surface area contributed by atoms with Crippen LogP contribution < -0.4 is 9.46 Å². The van der Waals surface area contributed by atoms with Gasteiger partial charge in [-0.05, 0) is 65.3 Å². The van der Waals surface area contributed by atoms with Crippen molar-refractivity contribution >= 4 is 10.0 Å². The molecule has 0 radical (unpaired) electrons. The molecule has 0 heterocycles. The van der Waals surface area contributed by atoms with Gasteiger partial charge in [-0.2, -0.15) is 0 Å². The van der Waals surface area contributed by atoms with E-state index in [1.54, 1.807) is 0 Å². The fraction of sp³-hybridized carbons (Fsp3) is 0.308. The first kappa shape index (κ1) is 23.8. The number of sulfonamides is 1. The summed E-state index contributed by atoms with van der Waals surface area (Å²) in [6, 6.07) is 19.5. The zero-order valence-electron chi connectivity index (χ0n) is 18.6. The molecule has 1 fully saturated rings. The zero-order valence-corrected chi connectivity index (χ0v) is 19.4. The first-order valence-electron chi connectivity index (χ1n) is 11.4. The molecule has 0 aromatic heterocycles. The first-order chi connectivity index (χ1) is 16.6. The molecular formula is C26H24F3NO4S. The number of aliphatic hydroxyl groups excluding tert-OH is 1. The Morgan fingerprint density at radius 2 is 1.43 bits per heavy atom. The summed E-state index contributed by atoms with van der Waals surface area (Å²) in [7, 11) is -4.07. The summed E-state index contributed by atoms with van der Waals surface area (Å²) in [5.74, 6) is -0.750. The van der Waals surface area contributed by atoms with E-state index in [0.29, 0.717) is 6.42 Å². The molecule has 0 bridgehead atoms. The van der Waals surface area contributed by atoms with Gasteiger partial charge in [-0.3, -0.25) is 0 Å². The lowest BCUT2D eigenvalue weighted by atomic mass is 9.72. The van der Waals surface area contributed by atoms with E-state index < -0.39 is 34.3 Å². The van der Waals surface area contributed by atoms with Crippen molar-refractivity contribution in [2.24, 2.45) is 5.92 Å². The highest BCUT2D eigenvalue weighted by molar-refractivity contribution is 7.89. The van der Waals surface area contributed by atoms with Crippen LogP contribution in [0.4, 0.5) is 13.2 Å². The van der Waals surface area contributed by atoms with Gasteiger partial charge in [0.05, 0.1) is 11.0 Å². The Morgan fingerprint density at radius 3 is 2.00 bits per heavy atom. The van der Waals surface area contributed by atoms with E-state index >= 15 is 0 Å². The minimum Gasteiger partial charge on any atom is -0.406 e. The van der Waals surface area contributed by atoms with Crippen molar-refractivity contribution in [3.05, 3.63) is 83.9 Å². The quantitative estimate of drug-likeness (QED) is 0.502. The summed E-state index contributed by atoms with van der Waals surface area (Å²) in [6.45, 7) is 0. The van der Waals surface area contributed by atoms with E-state index in [-0.39, 0.29) is 16.7 Å². The third kappa shape index (κ3) is 4.68. The maximum atomic E-state index is 13.0. The fourth-order valence-electron chi connectivity index (χ4n) is 5.45. The SMILES string of the molecule is O=S(=O)(N[C@@H]1CCCC(C2c3ccccc3-c3ccccc32)[C@H]1O)c1ccc(OC(F)(F)F)cc1. The number of benzene rings is 3. The number of fused-ring (bicyclic) bond motifs is 3. The molecule has 2 aliphatic carbocycles. The fourth-order valence-corrected chi connectivity index (χ4v) is 6.74. The molecule has 0 saturated heterocycles. The Balaban J connectivity index is 1.38. The molecule has 1 unspecified atom stereocenters. The lowest BCUT2D eigenvalue weighted by Crippen LogP contribution is -2.50. The summed E-state index contributed by atoms with van der Waals surface area (Å²) < 4.78 is 69.6. The number of rotatable bonds is 5. The molecule has 0 spiro atoms. The molecule has 3 atom stereocenters. The highest BCUT2D eigenvalue weighted by atomic mass is 32.2. The van der Waals surface area contributed by atoms with Crippen LogP contribution >= 0.6 is 0 Å². The number of nitrogens with one attached hydrogen (secondary N) is 1. The topological polar surface area (TPSA) is 75.6 Å². The average Bonchev–Trinajstić information content (AvgIpc) is 3.14. The maximum absolute atomic E-state index is 13.0. The normalized spacial score (nSPS) is 22.5. The Hall–Kier alpha value is -2.88. The Kier molecular flexibility index (Phi) is 6.11. The number of hydrogen-bond acceptors (Lipinski definition) is 4. The van der Waals surface area contributed by atoms with Gasteiger partial charge in [0.15, 0.2) is 0 Å². The van der Waals surface area contributed by atoms with Gasteiger partial charge in [-0.15, -0.1) is 13.2 Å². The molecule has 5 nitrogen and oxygen atoms in total. The minimum atomic E-state index is -4.86. The second kappa shape index (κ2) is 8.96. The molecule has 5 rings (SSSR count). The summed E-state index contributed by atoms with van der Waals surface area (Å²) in [5, 5.41) is 11.4. The van der Waals surface area contributed by atoms with Gasteiger partial charge in [0, 0.05) is 12.0 Å². The van der Waals surface area contributed by atoms with Crippen molar-refractivity contribution in [3.8, 4) is 16.9 Å². The largest absolute Gasteiger partial charge is 0.573 e. The highest BCUT2D eigenvalue weighted by Gasteiger charge is 2.43. The number of alkyl halides is 3. The molecule has 0 amide bonds. The van der Waals surface area contributed by atoms with Gasteiger partial charge in [0.25, 0.3) is 0 Å². The lowest BCUT2D eigenvalue weighted by Gasteiger charge is -2.39. The van der Waals surface area contributed by atoms with Crippen LogP contribution in [0.3, 0.4) is 0 Å². The predicted molar refractivity (Wildman–Crippen MR) is 124 cm³/mol. The van der Waals surface area contributed by atoms with Gasteiger partial charge in [-0.1, -0.05) is 55.0 Å².